The molecule has 0 aliphatic carbocycles. The summed E-state index contributed by atoms with van der Waals surface area (Å²) in [5.74, 6) is -0.254. The number of rotatable bonds is 5. The van der Waals surface area contributed by atoms with E-state index in [-0.39, 0.29) is 5.76 Å². The molecule has 0 radical (unpaired) electrons. The van der Waals surface area contributed by atoms with Crippen LogP contribution in [0.5, 0.6) is 0 Å². The summed E-state index contributed by atoms with van der Waals surface area (Å²) in [6.45, 7) is 10.2. The van der Waals surface area contributed by atoms with Crippen LogP contribution >= 0.6 is 7.82 Å². The van der Waals surface area contributed by atoms with Crippen LogP contribution in [0.15, 0.2) is 36.5 Å². The molecule has 0 atom stereocenters. The van der Waals surface area contributed by atoms with Crippen molar-refractivity contribution >= 4 is 7.82 Å². The molecule has 0 saturated carbocycles. The molecule has 0 heterocycles. The summed E-state index contributed by atoms with van der Waals surface area (Å²) in [6, 6.07) is 0. The van der Waals surface area contributed by atoms with Gasteiger partial charge in [-0.3, -0.25) is 9.79 Å². The summed E-state index contributed by atoms with van der Waals surface area (Å²) in [7, 11) is -4.60. The SMILES string of the molecule is C=C(OC(=C)/C(C)=C\C)OP(=O)(O)O. The first kappa shape index (κ1) is 13.0. The molecule has 0 rings (SSSR count). The number of ether oxygens (including phenoxy) is 1. The summed E-state index contributed by atoms with van der Waals surface area (Å²) in [5, 5.41) is 0. The minimum Gasteiger partial charge on any atom is -0.427 e. The van der Waals surface area contributed by atoms with Gasteiger partial charge in [-0.25, -0.2) is 4.57 Å². The monoisotopic (exact) mass is 220 g/mol. The Morgan fingerprint density at radius 1 is 1.43 bits per heavy atom. The molecule has 0 unspecified atom stereocenters. The number of hydrogen-bond donors (Lipinski definition) is 2. The lowest BCUT2D eigenvalue weighted by Gasteiger charge is -2.12. The van der Waals surface area contributed by atoms with Crippen LogP contribution in [-0.4, -0.2) is 9.79 Å². The van der Waals surface area contributed by atoms with Crippen LogP contribution in [0.4, 0.5) is 0 Å². The predicted molar refractivity (Wildman–Crippen MR) is 51.9 cm³/mol. The maximum absolute atomic E-state index is 10.3. The molecule has 80 valence electrons. The highest BCUT2D eigenvalue weighted by molar-refractivity contribution is 7.46. The molecule has 6 heteroatoms. The Labute approximate surface area is 82.6 Å². The molecule has 0 saturated heterocycles. The van der Waals surface area contributed by atoms with Crippen LogP contribution in [0.1, 0.15) is 13.8 Å². The van der Waals surface area contributed by atoms with Gasteiger partial charge in [0, 0.05) is 0 Å². The first-order chi connectivity index (χ1) is 6.26. The zero-order valence-corrected chi connectivity index (χ0v) is 8.95. The van der Waals surface area contributed by atoms with E-state index in [9.17, 15) is 4.57 Å². The molecule has 14 heavy (non-hydrogen) atoms. The van der Waals surface area contributed by atoms with Gasteiger partial charge in [0.2, 0.25) is 0 Å². The lowest BCUT2D eigenvalue weighted by molar-refractivity contribution is 0.130. The number of allylic oxidation sites excluding steroid dienone is 2. The topological polar surface area (TPSA) is 76.0 Å². The van der Waals surface area contributed by atoms with E-state index < -0.39 is 13.8 Å². The van der Waals surface area contributed by atoms with Crippen LogP contribution in [0, 0.1) is 0 Å². The van der Waals surface area contributed by atoms with Crippen molar-refractivity contribution in [3.8, 4) is 0 Å². The maximum Gasteiger partial charge on any atom is 0.527 e. The highest BCUT2D eigenvalue weighted by atomic mass is 31.2. The fourth-order valence-corrected chi connectivity index (χ4v) is 0.833. The van der Waals surface area contributed by atoms with Crippen molar-refractivity contribution in [3.63, 3.8) is 0 Å². The number of phosphoric acid groups is 1. The van der Waals surface area contributed by atoms with E-state index >= 15 is 0 Å². The molecular weight excluding hydrogens is 207 g/mol. The first-order valence-electron chi connectivity index (χ1n) is 3.70. The van der Waals surface area contributed by atoms with Gasteiger partial charge >= 0.3 is 7.82 Å². The Morgan fingerprint density at radius 2 is 1.93 bits per heavy atom. The van der Waals surface area contributed by atoms with E-state index in [1.54, 1.807) is 19.9 Å². The second-order valence-electron chi connectivity index (χ2n) is 2.45. The van der Waals surface area contributed by atoms with Crippen LogP contribution in [-0.2, 0) is 13.8 Å². The fraction of sp³-hybridized carbons (Fsp3) is 0.250. The van der Waals surface area contributed by atoms with Gasteiger partial charge in [0.25, 0.3) is 5.95 Å². The summed E-state index contributed by atoms with van der Waals surface area (Å²) < 4.78 is 19.2. The first-order valence-corrected chi connectivity index (χ1v) is 5.23. The van der Waals surface area contributed by atoms with E-state index in [4.69, 9.17) is 14.5 Å². The van der Waals surface area contributed by atoms with Gasteiger partial charge in [-0.2, -0.15) is 0 Å². The molecule has 0 aliphatic heterocycles. The highest BCUT2D eigenvalue weighted by Crippen LogP contribution is 2.39. The number of phosphoric ester groups is 1. The van der Waals surface area contributed by atoms with Crippen LogP contribution < -0.4 is 0 Å². The molecule has 0 aromatic heterocycles. The third-order valence-corrected chi connectivity index (χ3v) is 1.77. The van der Waals surface area contributed by atoms with Crippen LogP contribution in [0.25, 0.3) is 0 Å². The second kappa shape index (κ2) is 5.00. The lowest BCUT2D eigenvalue weighted by atomic mass is 10.2. The van der Waals surface area contributed by atoms with Gasteiger partial charge in [0.15, 0.2) is 0 Å². The van der Waals surface area contributed by atoms with E-state index in [1.165, 1.54) is 0 Å². The predicted octanol–water partition coefficient (Wildman–Crippen LogP) is 2.06. The van der Waals surface area contributed by atoms with E-state index in [2.05, 4.69) is 17.7 Å². The van der Waals surface area contributed by atoms with Crippen molar-refractivity contribution in [3.05, 3.63) is 36.5 Å². The van der Waals surface area contributed by atoms with Crippen LogP contribution in [0.3, 0.4) is 0 Å². The van der Waals surface area contributed by atoms with Crippen LogP contribution in [0.2, 0.25) is 0 Å². The molecule has 0 aromatic rings. The molecule has 5 nitrogen and oxygen atoms in total. The fourth-order valence-electron chi connectivity index (χ4n) is 0.530. The Balaban J connectivity index is 4.22. The van der Waals surface area contributed by atoms with Gasteiger partial charge in [-0.1, -0.05) is 12.7 Å². The van der Waals surface area contributed by atoms with Gasteiger partial charge in [0.1, 0.15) is 5.76 Å². The minimum absolute atomic E-state index is 0.228. The zero-order valence-electron chi connectivity index (χ0n) is 8.06. The van der Waals surface area contributed by atoms with E-state index in [0.29, 0.717) is 0 Å². The van der Waals surface area contributed by atoms with Crippen molar-refractivity contribution < 1.29 is 23.6 Å². The zero-order chi connectivity index (χ0) is 11.4. The molecule has 0 aliphatic rings. The van der Waals surface area contributed by atoms with E-state index in [1.807, 2.05) is 0 Å². The van der Waals surface area contributed by atoms with Crippen molar-refractivity contribution in [1.82, 2.24) is 0 Å². The summed E-state index contributed by atoms with van der Waals surface area (Å²) in [4.78, 5) is 16.8. The standard InChI is InChI=1S/C8H13O5P/c1-5-6(2)7(3)12-8(4)13-14(9,10)11/h5H,3-4H2,1-2H3,(H2,9,10,11)/b6-5-. The van der Waals surface area contributed by atoms with Gasteiger partial charge in [0.05, 0.1) is 0 Å². The third kappa shape index (κ3) is 5.59. The van der Waals surface area contributed by atoms with Crippen molar-refractivity contribution in [2.45, 2.75) is 13.8 Å². The molecule has 0 aromatic carbocycles. The smallest absolute Gasteiger partial charge is 0.427 e. The second-order valence-corrected chi connectivity index (χ2v) is 3.61. The van der Waals surface area contributed by atoms with Crippen molar-refractivity contribution in [2.24, 2.45) is 0 Å². The Morgan fingerprint density at radius 3 is 2.29 bits per heavy atom. The van der Waals surface area contributed by atoms with Gasteiger partial charge in [-0.15, -0.1) is 0 Å². The van der Waals surface area contributed by atoms with E-state index in [0.717, 1.165) is 5.57 Å². The third-order valence-electron chi connectivity index (χ3n) is 1.33. The molecule has 0 fully saturated rings. The average molecular weight is 220 g/mol. The molecule has 0 bridgehead atoms. The molecule has 0 spiro atoms. The summed E-state index contributed by atoms with van der Waals surface area (Å²) in [6.07, 6.45) is 1.73. The Hall–Kier alpha value is -1.03. The van der Waals surface area contributed by atoms with Crippen molar-refractivity contribution in [2.75, 3.05) is 0 Å². The average Bonchev–Trinajstić information content (AvgIpc) is 1.99. The quantitative estimate of drug-likeness (QED) is 0.421. The largest absolute Gasteiger partial charge is 0.527 e. The number of hydrogen-bond acceptors (Lipinski definition) is 3. The normalized spacial score (nSPS) is 12.1. The molecular formula is C8H13O5P. The lowest BCUT2D eigenvalue weighted by Crippen LogP contribution is -1.96. The summed E-state index contributed by atoms with van der Waals surface area (Å²) >= 11 is 0. The summed E-state index contributed by atoms with van der Waals surface area (Å²) in [5.41, 5.74) is 0.723. The molecule has 2 N–H and O–H groups in total. The van der Waals surface area contributed by atoms with Crippen molar-refractivity contribution in [1.29, 1.82) is 0 Å². The molecule has 0 amide bonds. The Bertz CT molecular complexity index is 312. The maximum atomic E-state index is 10.3. The minimum atomic E-state index is -4.60. The van der Waals surface area contributed by atoms with Gasteiger partial charge < -0.3 is 9.26 Å². The Kier molecular flexibility index (Phi) is 4.63. The van der Waals surface area contributed by atoms with Gasteiger partial charge in [-0.05, 0) is 26.0 Å². The highest BCUT2D eigenvalue weighted by Gasteiger charge is 2.18.